The van der Waals surface area contributed by atoms with E-state index in [1.807, 2.05) is 74.5 Å². The third-order valence-electron chi connectivity index (χ3n) is 10.8. The number of aromatic nitrogens is 12. The van der Waals surface area contributed by atoms with Crippen molar-refractivity contribution in [2.24, 2.45) is 0 Å². The zero-order valence-electron chi connectivity index (χ0n) is 37.7. The molecule has 70 heavy (non-hydrogen) atoms. The van der Waals surface area contributed by atoms with Crippen LogP contribution in [0.15, 0.2) is 181 Å². The topological polar surface area (TPSA) is 200 Å². The van der Waals surface area contributed by atoms with Crippen LogP contribution in [0.1, 0.15) is 37.1 Å². The van der Waals surface area contributed by atoms with Gasteiger partial charge in [-0.3, -0.25) is 13.3 Å². The summed E-state index contributed by atoms with van der Waals surface area (Å²) in [7, 11) is -1.34. The molecule has 0 saturated heterocycles. The SMILES string of the molecule is C[C@H](Nc1nccc(-n2cc(-c3ccnc(=O)[nH]3)nc2-c2ccc(F)cc2)n1)c1ccccc1.C[C@H](Nc1nccc(-n2cc(-c3ccnc(S(C)=O)n3)nc2-c2ccc(F)cc2)n1)c1ccccc1. The van der Waals surface area contributed by atoms with Crippen molar-refractivity contribution in [3.63, 3.8) is 0 Å². The number of hydrogen-bond donors (Lipinski definition) is 3. The van der Waals surface area contributed by atoms with Crippen molar-refractivity contribution in [3.05, 3.63) is 204 Å². The summed E-state index contributed by atoms with van der Waals surface area (Å²) in [6.45, 7) is 4.07. The maximum Gasteiger partial charge on any atom is 0.345 e. The Labute approximate surface area is 402 Å². The molecule has 0 fully saturated rings. The van der Waals surface area contributed by atoms with Crippen molar-refractivity contribution >= 4 is 22.7 Å². The smallest absolute Gasteiger partial charge is 0.345 e. The van der Waals surface area contributed by atoms with Crippen LogP contribution in [-0.2, 0) is 10.8 Å². The van der Waals surface area contributed by atoms with Crippen LogP contribution < -0.4 is 16.3 Å². The zero-order valence-corrected chi connectivity index (χ0v) is 38.5. The van der Waals surface area contributed by atoms with Gasteiger partial charge in [-0.25, -0.2) is 48.5 Å². The number of halogens is 2. The number of imidazole rings is 2. The molecule has 0 aliphatic rings. The first kappa shape index (κ1) is 46.2. The highest BCUT2D eigenvalue weighted by molar-refractivity contribution is 7.84. The summed E-state index contributed by atoms with van der Waals surface area (Å²) in [5, 5.41) is 6.87. The van der Waals surface area contributed by atoms with Gasteiger partial charge in [-0.1, -0.05) is 60.7 Å². The van der Waals surface area contributed by atoms with E-state index in [1.165, 1.54) is 36.7 Å². The number of anilines is 2. The molecular weight excluding hydrogens is 911 g/mol. The van der Waals surface area contributed by atoms with Crippen LogP contribution in [-0.4, -0.2) is 69.4 Å². The lowest BCUT2D eigenvalue weighted by Gasteiger charge is -2.15. The molecule has 0 amide bonds. The van der Waals surface area contributed by atoms with Gasteiger partial charge in [0.05, 0.1) is 34.3 Å². The Hall–Kier alpha value is -8.97. The summed E-state index contributed by atoms with van der Waals surface area (Å²) in [6.07, 6.45) is 11.4. The molecule has 1 unspecified atom stereocenters. The molecule has 3 atom stereocenters. The normalized spacial score (nSPS) is 12.3. The van der Waals surface area contributed by atoms with E-state index < -0.39 is 16.5 Å². The fourth-order valence-corrected chi connectivity index (χ4v) is 7.69. The van der Waals surface area contributed by atoms with E-state index in [2.05, 4.69) is 45.5 Å². The fraction of sp³-hybridized carbons (Fsp3) is 0.0980. The summed E-state index contributed by atoms with van der Waals surface area (Å²) in [4.78, 5) is 54.1. The molecule has 0 bridgehead atoms. The van der Waals surface area contributed by atoms with Gasteiger partial charge in [0.15, 0.2) is 0 Å². The summed E-state index contributed by atoms with van der Waals surface area (Å²) in [6, 6.07) is 39.0. The van der Waals surface area contributed by atoms with Gasteiger partial charge in [0.1, 0.15) is 46.3 Å². The summed E-state index contributed by atoms with van der Waals surface area (Å²) in [5.74, 6) is 2.43. The summed E-state index contributed by atoms with van der Waals surface area (Å²) < 4.78 is 42.7. The highest BCUT2D eigenvalue weighted by Crippen LogP contribution is 2.29. The Morgan fingerprint density at radius 1 is 0.529 bits per heavy atom. The lowest BCUT2D eigenvalue weighted by Crippen LogP contribution is -2.10. The number of nitrogens with zero attached hydrogens (tertiary/aromatic N) is 11. The molecule has 19 heteroatoms. The van der Waals surface area contributed by atoms with E-state index >= 15 is 0 Å². The third-order valence-corrected chi connectivity index (χ3v) is 11.5. The Morgan fingerprint density at radius 3 is 1.50 bits per heavy atom. The van der Waals surface area contributed by atoms with Gasteiger partial charge in [0.25, 0.3) is 0 Å². The van der Waals surface area contributed by atoms with Crippen molar-refractivity contribution in [2.45, 2.75) is 31.1 Å². The van der Waals surface area contributed by atoms with Crippen LogP contribution in [0.25, 0.3) is 57.2 Å². The van der Waals surface area contributed by atoms with Gasteiger partial charge in [0, 0.05) is 54.6 Å². The molecule has 3 N–H and O–H groups in total. The second-order valence-electron chi connectivity index (χ2n) is 15.7. The van der Waals surface area contributed by atoms with E-state index in [0.717, 1.165) is 11.1 Å². The maximum atomic E-state index is 13.6. The van der Waals surface area contributed by atoms with E-state index in [1.54, 1.807) is 88.6 Å². The molecule has 0 radical (unpaired) electrons. The summed E-state index contributed by atoms with van der Waals surface area (Å²) >= 11 is 0. The minimum Gasteiger partial charge on any atom is -0.348 e. The molecule has 16 nitrogen and oxygen atoms in total. The van der Waals surface area contributed by atoms with Crippen LogP contribution in [0.5, 0.6) is 0 Å². The lowest BCUT2D eigenvalue weighted by molar-refractivity contribution is 0.627. The first-order valence-corrected chi connectivity index (χ1v) is 23.3. The van der Waals surface area contributed by atoms with Crippen molar-refractivity contribution in [2.75, 3.05) is 16.9 Å². The predicted molar refractivity (Wildman–Crippen MR) is 263 cm³/mol. The molecule has 10 rings (SSSR count). The van der Waals surface area contributed by atoms with Gasteiger partial charge in [0.2, 0.25) is 17.1 Å². The molecule has 0 saturated carbocycles. The Kier molecular flexibility index (Phi) is 13.8. The third kappa shape index (κ3) is 10.9. The number of hydrogen-bond acceptors (Lipinski definition) is 13. The van der Waals surface area contributed by atoms with Crippen LogP contribution in [0.3, 0.4) is 0 Å². The first-order valence-electron chi connectivity index (χ1n) is 21.8. The number of nitrogens with one attached hydrogen (secondary N) is 3. The van der Waals surface area contributed by atoms with Crippen molar-refractivity contribution < 1.29 is 13.0 Å². The van der Waals surface area contributed by atoms with E-state index in [0.29, 0.717) is 69.1 Å². The molecule has 348 valence electrons. The average Bonchev–Trinajstić information content (AvgIpc) is 4.05. The molecule has 10 aromatic rings. The van der Waals surface area contributed by atoms with Crippen LogP contribution >= 0.6 is 0 Å². The molecule has 6 aromatic heterocycles. The average molecular weight is 953 g/mol. The molecule has 0 spiro atoms. The second-order valence-corrected chi connectivity index (χ2v) is 16.9. The first-order chi connectivity index (χ1) is 34.0. The van der Waals surface area contributed by atoms with Crippen LogP contribution in [0, 0.1) is 11.6 Å². The zero-order chi connectivity index (χ0) is 48.6. The van der Waals surface area contributed by atoms with E-state index in [4.69, 9.17) is 15.0 Å². The minimum absolute atomic E-state index is 0.00624. The standard InChI is InChI=1S/C26H22FN7OS.C25H20FN7O/c1-17(18-6-4-3-5-7-18)30-25-28-15-13-23(33-25)34-16-22(21-12-14-29-26(32-21)36(2)35)31-24(34)19-8-10-20(27)11-9-19;1-16(17-5-3-2-4-6-17)29-24-27-14-12-22(32-24)33-15-21(20-11-13-28-25(34)31-20)30-23(33)18-7-9-19(26)10-8-18/h3-17H,1-2H3,(H,28,30,33);2-16H,1H3,(H,27,29,32)(H,28,31,34)/t17-,36?;16-/m00/s1. The molecule has 6 heterocycles. The van der Waals surface area contributed by atoms with Crippen molar-refractivity contribution in [1.29, 1.82) is 0 Å². The number of benzene rings is 4. The lowest BCUT2D eigenvalue weighted by atomic mass is 10.1. The van der Waals surface area contributed by atoms with Crippen LogP contribution in [0.4, 0.5) is 20.7 Å². The van der Waals surface area contributed by atoms with E-state index in [-0.39, 0.29) is 28.9 Å². The van der Waals surface area contributed by atoms with Gasteiger partial charge < -0.3 is 15.6 Å². The molecule has 0 aliphatic carbocycles. The molecular formula is C51H42F2N14O2S. The predicted octanol–water partition coefficient (Wildman–Crippen LogP) is 9.23. The largest absolute Gasteiger partial charge is 0.348 e. The number of H-pyrrole nitrogens is 1. The van der Waals surface area contributed by atoms with Crippen LogP contribution in [0.2, 0.25) is 0 Å². The van der Waals surface area contributed by atoms with Gasteiger partial charge in [-0.2, -0.15) is 9.97 Å². The van der Waals surface area contributed by atoms with Gasteiger partial charge >= 0.3 is 5.69 Å². The Balaban J connectivity index is 0.000000174. The second kappa shape index (κ2) is 20.9. The van der Waals surface area contributed by atoms with E-state index in [9.17, 15) is 17.8 Å². The number of aromatic amines is 1. The highest BCUT2D eigenvalue weighted by atomic mass is 32.2. The van der Waals surface area contributed by atoms with Crippen molar-refractivity contribution in [3.8, 4) is 57.2 Å². The molecule has 4 aromatic carbocycles. The highest BCUT2D eigenvalue weighted by Gasteiger charge is 2.19. The quantitative estimate of drug-likeness (QED) is 0.0925. The Bertz CT molecular complexity index is 3460. The summed E-state index contributed by atoms with van der Waals surface area (Å²) in [5.41, 5.74) is 5.20. The number of rotatable bonds is 13. The van der Waals surface area contributed by atoms with Gasteiger partial charge in [-0.05, 0) is 97.8 Å². The Morgan fingerprint density at radius 2 is 1.00 bits per heavy atom. The monoisotopic (exact) mass is 952 g/mol. The van der Waals surface area contributed by atoms with Crippen molar-refractivity contribution in [1.82, 2.24) is 59.0 Å². The maximum absolute atomic E-state index is 13.6. The minimum atomic E-state index is -1.34. The fourth-order valence-electron chi connectivity index (χ4n) is 7.25. The molecule has 0 aliphatic heterocycles. The van der Waals surface area contributed by atoms with Gasteiger partial charge in [-0.15, -0.1) is 0 Å².